The Morgan fingerprint density at radius 2 is 2.12 bits per heavy atom. The minimum absolute atomic E-state index is 0.0146. The largest absolute Gasteiger partial charge is 0.355 e. The van der Waals surface area contributed by atoms with Gasteiger partial charge in [-0.1, -0.05) is 43.7 Å². The number of amides is 1. The first kappa shape index (κ1) is 14.0. The van der Waals surface area contributed by atoms with Crippen LogP contribution in [0.1, 0.15) is 31.4 Å². The predicted molar refractivity (Wildman–Crippen MR) is 72.6 cm³/mol. The molecule has 0 bridgehead atoms. The van der Waals surface area contributed by atoms with Crippen LogP contribution in [0, 0.1) is 6.92 Å². The van der Waals surface area contributed by atoms with Gasteiger partial charge in [-0.3, -0.25) is 4.79 Å². The van der Waals surface area contributed by atoms with E-state index in [1.54, 1.807) is 0 Å². The Hall–Kier alpha value is -1.02. The fraction of sp³-hybridized carbons (Fsp3) is 0.500. The zero-order valence-electron chi connectivity index (χ0n) is 10.7. The maximum absolute atomic E-state index is 11.4. The summed E-state index contributed by atoms with van der Waals surface area (Å²) in [5.74, 6) is 0.386. The minimum Gasteiger partial charge on any atom is -0.355 e. The van der Waals surface area contributed by atoms with E-state index in [9.17, 15) is 4.79 Å². The SMILES string of the molecule is Cc1cccc(C(C)(C)CNC(=O)CCCl)c1. The second-order valence-electron chi connectivity index (χ2n) is 4.97. The second kappa shape index (κ2) is 6.06. The van der Waals surface area contributed by atoms with Crippen molar-refractivity contribution in [1.29, 1.82) is 0 Å². The molecule has 0 aromatic heterocycles. The van der Waals surface area contributed by atoms with Crippen molar-refractivity contribution in [2.24, 2.45) is 0 Å². The van der Waals surface area contributed by atoms with Crippen LogP contribution < -0.4 is 5.32 Å². The molecule has 0 saturated carbocycles. The van der Waals surface area contributed by atoms with Gasteiger partial charge in [-0.15, -0.1) is 11.6 Å². The highest BCUT2D eigenvalue weighted by atomic mass is 35.5. The first-order chi connectivity index (χ1) is 7.95. The van der Waals surface area contributed by atoms with Gasteiger partial charge in [0.25, 0.3) is 0 Å². The molecular formula is C14H20ClNO. The molecule has 94 valence electrons. The monoisotopic (exact) mass is 253 g/mol. The molecule has 1 aromatic rings. The lowest BCUT2D eigenvalue weighted by atomic mass is 9.84. The van der Waals surface area contributed by atoms with E-state index in [1.807, 2.05) is 6.07 Å². The van der Waals surface area contributed by atoms with Crippen molar-refractivity contribution in [2.45, 2.75) is 32.6 Å². The van der Waals surface area contributed by atoms with Gasteiger partial charge in [0.2, 0.25) is 5.91 Å². The van der Waals surface area contributed by atoms with E-state index >= 15 is 0 Å². The van der Waals surface area contributed by atoms with E-state index in [1.165, 1.54) is 11.1 Å². The highest BCUT2D eigenvalue weighted by molar-refractivity contribution is 6.18. The van der Waals surface area contributed by atoms with Gasteiger partial charge in [0, 0.05) is 24.3 Å². The summed E-state index contributed by atoms with van der Waals surface area (Å²) in [6.45, 7) is 6.96. The third-order valence-corrected chi connectivity index (χ3v) is 3.04. The quantitative estimate of drug-likeness (QED) is 0.803. The standard InChI is InChI=1S/C14H20ClNO/c1-11-5-4-6-12(9-11)14(2,3)10-16-13(17)7-8-15/h4-6,9H,7-8,10H2,1-3H3,(H,16,17). The van der Waals surface area contributed by atoms with Crippen LogP contribution in [0.25, 0.3) is 0 Å². The summed E-state index contributed by atoms with van der Waals surface area (Å²) in [5.41, 5.74) is 2.42. The number of aryl methyl sites for hydroxylation is 1. The number of nitrogens with one attached hydrogen (secondary N) is 1. The molecule has 0 saturated heterocycles. The summed E-state index contributed by atoms with van der Waals surface area (Å²) < 4.78 is 0. The average molecular weight is 254 g/mol. The van der Waals surface area contributed by atoms with Gasteiger partial charge in [0.05, 0.1) is 0 Å². The molecule has 0 atom stereocenters. The second-order valence-corrected chi connectivity index (χ2v) is 5.35. The van der Waals surface area contributed by atoms with E-state index in [0.29, 0.717) is 18.8 Å². The van der Waals surface area contributed by atoms with Crippen LogP contribution in [-0.2, 0) is 10.2 Å². The molecule has 0 fully saturated rings. The minimum atomic E-state index is -0.0615. The molecule has 0 aliphatic rings. The number of carbonyl (C=O) groups is 1. The molecule has 2 nitrogen and oxygen atoms in total. The third kappa shape index (κ3) is 4.39. The molecule has 3 heteroatoms. The smallest absolute Gasteiger partial charge is 0.221 e. The van der Waals surface area contributed by atoms with Crippen LogP contribution in [0.4, 0.5) is 0 Å². The lowest BCUT2D eigenvalue weighted by Crippen LogP contribution is -2.36. The topological polar surface area (TPSA) is 29.1 Å². The van der Waals surface area contributed by atoms with Crippen molar-refractivity contribution < 1.29 is 4.79 Å². The fourth-order valence-corrected chi connectivity index (χ4v) is 1.83. The van der Waals surface area contributed by atoms with Crippen molar-refractivity contribution in [3.63, 3.8) is 0 Å². The number of benzene rings is 1. The zero-order chi connectivity index (χ0) is 12.9. The Bertz CT molecular complexity index is 388. The summed E-state index contributed by atoms with van der Waals surface area (Å²) in [7, 11) is 0. The molecule has 0 aliphatic heterocycles. The Morgan fingerprint density at radius 3 is 2.71 bits per heavy atom. The lowest BCUT2D eigenvalue weighted by molar-refractivity contribution is -0.120. The van der Waals surface area contributed by atoms with E-state index < -0.39 is 0 Å². The Kier molecular flexibility index (Phi) is 5.01. The van der Waals surface area contributed by atoms with Gasteiger partial charge in [-0.2, -0.15) is 0 Å². The summed E-state index contributed by atoms with van der Waals surface area (Å²) in [6.07, 6.45) is 0.380. The molecule has 1 N–H and O–H groups in total. The summed E-state index contributed by atoms with van der Waals surface area (Å²) in [5, 5.41) is 2.92. The van der Waals surface area contributed by atoms with Gasteiger partial charge in [0.1, 0.15) is 0 Å². The van der Waals surface area contributed by atoms with Gasteiger partial charge in [-0.25, -0.2) is 0 Å². The molecule has 0 aliphatic carbocycles. The van der Waals surface area contributed by atoms with Gasteiger partial charge >= 0.3 is 0 Å². The lowest BCUT2D eigenvalue weighted by Gasteiger charge is -2.26. The van der Waals surface area contributed by atoms with Gasteiger partial charge < -0.3 is 5.32 Å². The number of hydrogen-bond donors (Lipinski definition) is 1. The van der Waals surface area contributed by atoms with Crippen LogP contribution in [0.15, 0.2) is 24.3 Å². The summed E-state index contributed by atoms with van der Waals surface area (Å²) >= 11 is 5.52. The van der Waals surface area contributed by atoms with E-state index in [0.717, 1.165) is 0 Å². The summed E-state index contributed by atoms with van der Waals surface area (Å²) in [6, 6.07) is 8.38. The maximum atomic E-state index is 11.4. The van der Waals surface area contributed by atoms with Crippen molar-refractivity contribution in [3.8, 4) is 0 Å². The van der Waals surface area contributed by atoms with E-state index in [2.05, 4.69) is 44.3 Å². The fourth-order valence-electron chi connectivity index (χ4n) is 1.66. The number of carbonyl (C=O) groups excluding carboxylic acids is 1. The Labute approximate surface area is 108 Å². The molecule has 1 aromatic carbocycles. The molecule has 0 unspecified atom stereocenters. The van der Waals surface area contributed by atoms with Gasteiger partial charge in [-0.05, 0) is 12.5 Å². The molecular weight excluding hydrogens is 234 g/mol. The molecule has 1 rings (SSSR count). The van der Waals surface area contributed by atoms with Crippen molar-refractivity contribution >= 4 is 17.5 Å². The van der Waals surface area contributed by atoms with Crippen LogP contribution in [-0.4, -0.2) is 18.3 Å². The molecule has 17 heavy (non-hydrogen) atoms. The maximum Gasteiger partial charge on any atom is 0.221 e. The Balaban J connectivity index is 2.65. The number of rotatable bonds is 5. The van der Waals surface area contributed by atoms with Crippen LogP contribution in [0.5, 0.6) is 0 Å². The average Bonchev–Trinajstić information content (AvgIpc) is 2.27. The number of hydrogen-bond acceptors (Lipinski definition) is 1. The molecule has 0 radical (unpaired) electrons. The zero-order valence-corrected chi connectivity index (χ0v) is 11.5. The predicted octanol–water partition coefficient (Wildman–Crippen LogP) is 3.02. The van der Waals surface area contributed by atoms with Crippen LogP contribution >= 0.6 is 11.6 Å². The molecule has 0 heterocycles. The van der Waals surface area contributed by atoms with Crippen molar-refractivity contribution in [1.82, 2.24) is 5.32 Å². The molecule has 1 amide bonds. The van der Waals surface area contributed by atoms with Crippen molar-refractivity contribution in [3.05, 3.63) is 35.4 Å². The van der Waals surface area contributed by atoms with Crippen molar-refractivity contribution in [2.75, 3.05) is 12.4 Å². The van der Waals surface area contributed by atoms with E-state index in [4.69, 9.17) is 11.6 Å². The van der Waals surface area contributed by atoms with Crippen LogP contribution in [0.2, 0.25) is 0 Å². The normalized spacial score (nSPS) is 11.3. The third-order valence-electron chi connectivity index (χ3n) is 2.85. The summed E-state index contributed by atoms with van der Waals surface area (Å²) in [4.78, 5) is 11.4. The number of alkyl halides is 1. The first-order valence-electron chi connectivity index (χ1n) is 5.85. The highest BCUT2D eigenvalue weighted by Gasteiger charge is 2.21. The Morgan fingerprint density at radius 1 is 1.41 bits per heavy atom. The first-order valence-corrected chi connectivity index (χ1v) is 6.39. The van der Waals surface area contributed by atoms with E-state index in [-0.39, 0.29) is 11.3 Å². The number of halogens is 1. The highest BCUT2D eigenvalue weighted by Crippen LogP contribution is 2.22. The van der Waals surface area contributed by atoms with Gasteiger partial charge in [0.15, 0.2) is 0 Å². The van der Waals surface area contributed by atoms with Crippen LogP contribution in [0.3, 0.4) is 0 Å². The molecule has 0 spiro atoms.